The average Bonchev–Trinajstić information content (AvgIpc) is 2.99. The van der Waals surface area contributed by atoms with Gasteiger partial charge >= 0.3 is 5.97 Å². The monoisotopic (exact) mass is 376 g/mol. The molecule has 1 N–H and O–H groups in total. The third-order valence-electron chi connectivity index (χ3n) is 3.34. The van der Waals surface area contributed by atoms with Crippen LogP contribution in [0.15, 0.2) is 30.3 Å². The molecule has 2 rings (SSSR count). The van der Waals surface area contributed by atoms with Gasteiger partial charge in [-0.15, -0.1) is 11.3 Å². The molecule has 0 radical (unpaired) electrons. The molecule has 0 aliphatic heterocycles. The molecule has 8 nitrogen and oxygen atoms in total. The highest BCUT2D eigenvalue weighted by Gasteiger charge is 2.20. The number of anilines is 1. The van der Waals surface area contributed by atoms with E-state index in [2.05, 4.69) is 5.32 Å². The first kappa shape index (κ1) is 19.3. The number of rotatable bonds is 7. The molecule has 26 heavy (non-hydrogen) atoms. The van der Waals surface area contributed by atoms with Crippen molar-refractivity contribution in [2.75, 3.05) is 11.9 Å². The first-order chi connectivity index (χ1) is 12.3. The summed E-state index contributed by atoms with van der Waals surface area (Å²) in [6, 6.07) is 6.99. The van der Waals surface area contributed by atoms with E-state index in [1.54, 1.807) is 6.92 Å². The van der Waals surface area contributed by atoms with Crippen LogP contribution in [0.3, 0.4) is 0 Å². The van der Waals surface area contributed by atoms with Crippen LogP contribution >= 0.6 is 11.3 Å². The molecule has 0 fully saturated rings. The fourth-order valence-electron chi connectivity index (χ4n) is 2.11. The zero-order valence-electron chi connectivity index (χ0n) is 14.1. The largest absolute Gasteiger partial charge is 0.462 e. The maximum Gasteiger partial charge on any atom is 0.341 e. The number of Topliss-reactive ketones (excluding diaryl/α,β-unsaturated/α-hetero) is 1. The number of carbonyl (C=O) groups excluding carboxylic acids is 3. The Morgan fingerprint density at radius 2 is 1.88 bits per heavy atom. The van der Waals surface area contributed by atoms with E-state index in [1.165, 1.54) is 37.3 Å². The van der Waals surface area contributed by atoms with Gasteiger partial charge in [0, 0.05) is 12.1 Å². The SMILES string of the molecule is CCOC(=O)c1cc(C(C)=O)sc1NC(=O)Cc1ccc([N+](=O)[O-])cc1. The predicted molar refractivity (Wildman–Crippen MR) is 95.7 cm³/mol. The number of esters is 1. The minimum atomic E-state index is -0.623. The lowest BCUT2D eigenvalue weighted by molar-refractivity contribution is -0.384. The Labute approximate surface area is 152 Å². The molecule has 1 aromatic carbocycles. The fraction of sp³-hybridized carbons (Fsp3) is 0.235. The van der Waals surface area contributed by atoms with Gasteiger partial charge in [-0.05, 0) is 25.5 Å². The molecule has 1 amide bonds. The zero-order valence-corrected chi connectivity index (χ0v) is 14.9. The second kappa shape index (κ2) is 8.34. The lowest BCUT2D eigenvalue weighted by Crippen LogP contribution is -2.16. The summed E-state index contributed by atoms with van der Waals surface area (Å²) in [5.41, 5.74) is 0.636. The molecule has 0 saturated heterocycles. The third-order valence-corrected chi connectivity index (χ3v) is 4.49. The van der Waals surface area contributed by atoms with Gasteiger partial charge in [-0.2, -0.15) is 0 Å². The Balaban J connectivity index is 2.15. The second-order valence-electron chi connectivity index (χ2n) is 5.28. The summed E-state index contributed by atoms with van der Waals surface area (Å²) in [7, 11) is 0. The summed E-state index contributed by atoms with van der Waals surface area (Å²) in [4.78, 5) is 46.2. The van der Waals surface area contributed by atoms with Crippen molar-refractivity contribution in [3.05, 3.63) is 56.5 Å². The number of non-ortho nitro benzene ring substituents is 1. The van der Waals surface area contributed by atoms with Crippen molar-refractivity contribution in [3.8, 4) is 0 Å². The minimum absolute atomic E-state index is 0.0342. The summed E-state index contributed by atoms with van der Waals surface area (Å²) in [5.74, 6) is -1.26. The van der Waals surface area contributed by atoms with E-state index in [0.717, 1.165) is 11.3 Å². The number of carbonyl (C=O) groups is 3. The Hall–Kier alpha value is -3.07. The molecular formula is C17H16N2O6S. The summed E-state index contributed by atoms with van der Waals surface area (Å²) >= 11 is 0.995. The number of hydrogen-bond acceptors (Lipinski definition) is 7. The molecule has 0 bridgehead atoms. The van der Waals surface area contributed by atoms with Crippen molar-refractivity contribution in [2.45, 2.75) is 20.3 Å². The number of nitrogens with one attached hydrogen (secondary N) is 1. The van der Waals surface area contributed by atoms with Crippen LogP contribution in [0.2, 0.25) is 0 Å². The lowest BCUT2D eigenvalue weighted by Gasteiger charge is -2.06. The van der Waals surface area contributed by atoms with Crippen LogP contribution in [-0.2, 0) is 16.0 Å². The van der Waals surface area contributed by atoms with Gasteiger partial charge in [0.2, 0.25) is 5.91 Å². The van der Waals surface area contributed by atoms with Gasteiger partial charge in [0.05, 0.1) is 28.4 Å². The van der Waals surface area contributed by atoms with Gasteiger partial charge in [0.25, 0.3) is 5.69 Å². The van der Waals surface area contributed by atoms with E-state index in [4.69, 9.17) is 4.74 Å². The quantitative estimate of drug-likeness (QED) is 0.343. The maximum absolute atomic E-state index is 12.2. The van der Waals surface area contributed by atoms with Crippen LogP contribution < -0.4 is 5.32 Å². The number of nitrogens with zero attached hydrogens (tertiary/aromatic N) is 1. The number of thiophene rings is 1. The van der Waals surface area contributed by atoms with Crippen molar-refractivity contribution in [2.24, 2.45) is 0 Å². The lowest BCUT2D eigenvalue weighted by atomic mass is 10.1. The average molecular weight is 376 g/mol. The minimum Gasteiger partial charge on any atom is -0.462 e. The molecule has 0 aliphatic rings. The van der Waals surface area contributed by atoms with E-state index in [9.17, 15) is 24.5 Å². The predicted octanol–water partition coefficient (Wildman–Crippen LogP) is 3.22. The Morgan fingerprint density at radius 3 is 2.42 bits per heavy atom. The number of amides is 1. The molecule has 136 valence electrons. The van der Waals surface area contributed by atoms with Gasteiger partial charge in [-0.1, -0.05) is 12.1 Å². The number of ketones is 1. The molecule has 0 unspecified atom stereocenters. The highest BCUT2D eigenvalue weighted by atomic mass is 32.1. The van der Waals surface area contributed by atoms with Crippen molar-refractivity contribution in [3.63, 3.8) is 0 Å². The molecule has 0 saturated carbocycles. The van der Waals surface area contributed by atoms with Crippen molar-refractivity contribution < 1.29 is 24.0 Å². The van der Waals surface area contributed by atoms with Gasteiger partial charge < -0.3 is 10.1 Å². The fourth-order valence-corrected chi connectivity index (χ4v) is 3.07. The maximum atomic E-state index is 12.2. The van der Waals surface area contributed by atoms with Gasteiger partial charge in [-0.25, -0.2) is 4.79 Å². The summed E-state index contributed by atoms with van der Waals surface area (Å²) in [6.07, 6.45) is -0.0342. The van der Waals surface area contributed by atoms with Gasteiger partial charge in [0.15, 0.2) is 5.78 Å². The number of nitro benzene ring substituents is 1. The number of benzene rings is 1. The highest BCUT2D eigenvalue weighted by Crippen LogP contribution is 2.29. The third kappa shape index (κ3) is 4.73. The normalized spacial score (nSPS) is 10.2. The van der Waals surface area contributed by atoms with Gasteiger partial charge in [0.1, 0.15) is 5.00 Å². The van der Waals surface area contributed by atoms with E-state index in [0.29, 0.717) is 10.4 Å². The molecule has 2 aromatic rings. The van der Waals surface area contributed by atoms with E-state index >= 15 is 0 Å². The smallest absolute Gasteiger partial charge is 0.341 e. The van der Waals surface area contributed by atoms with Crippen molar-refractivity contribution in [1.82, 2.24) is 0 Å². The summed E-state index contributed by atoms with van der Waals surface area (Å²) < 4.78 is 4.94. The zero-order chi connectivity index (χ0) is 19.3. The molecule has 1 aromatic heterocycles. The van der Waals surface area contributed by atoms with Crippen molar-refractivity contribution >= 4 is 39.7 Å². The summed E-state index contributed by atoms with van der Waals surface area (Å²) in [5, 5.41) is 13.5. The molecule has 1 heterocycles. The summed E-state index contributed by atoms with van der Waals surface area (Å²) in [6.45, 7) is 3.19. The van der Waals surface area contributed by atoms with Crippen LogP contribution in [0.25, 0.3) is 0 Å². The van der Waals surface area contributed by atoms with Crippen LogP contribution in [0.1, 0.15) is 39.4 Å². The Bertz CT molecular complexity index is 857. The van der Waals surface area contributed by atoms with Crippen LogP contribution in [-0.4, -0.2) is 29.2 Å². The second-order valence-corrected chi connectivity index (χ2v) is 6.33. The number of hydrogen-bond donors (Lipinski definition) is 1. The topological polar surface area (TPSA) is 116 Å². The van der Waals surface area contributed by atoms with Crippen LogP contribution in [0, 0.1) is 10.1 Å². The highest BCUT2D eigenvalue weighted by molar-refractivity contribution is 7.18. The van der Waals surface area contributed by atoms with Crippen LogP contribution in [0.5, 0.6) is 0 Å². The molecular weight excluding hydrogens is 360 g/mol. The molecule has 0 atom stereocenters. The van der Waals surface area contributed by atoms with Gasteiger partial charge in [-0.3, -0.25) is 19.7 Å². The van der Waals surface area contributed by atoms with Crippen molar-refractivity contribution in [1.29, 1.82) is 0 Å². The first-order valence-corrected chi connectivity index (χ1v) is 8.48. The van der Waals surface area contributed by atoms with E-state index in [1.807, 2.05) is 0 Å². The standard InChI is InChI=1S/C17H16N2O6S/c1-3-25-17(22)13-9-14(10(2)20)26-16(13)18-15(21)8-11-4-6-12(7-5-11)19(23)24/h4-7,9H,3,8H2,1-2H3,(H,18,21). The molecule has 0 aliphatic carbocycles. The number of nitro groups is 1. The Morgan fingerprint density at radius 1 is 1.23 bits per heavy atom. The van der Waals surface area contributed by atoms with E-state index < -0.39 is 16.8 Å². The molecule has 0 spiro atoms. The number of ether oxygens (including phenoxy) is 1. The van der Waals surface area contributed by atoms with Crippen LogP contribution in [0.4, 0.5) is 10.7 Å². The first-order valence-electron chi connectivity index (χ1n) is 7.67. The Kier molecular flexibility index (Phi) is 6.18. The molecule has 9 heteroatoms. The van der Waals surface area contributed by atoms with E-state index in [-0.39, 0.29) is 35.1 Å².